The zero-order valence-corrected chi connectivity index (χ0v) is 13.6. The summed E-state index contributed by atoms with van der Waals surface area (Å²) in [6, 6.07) is 5.75. The van der Waals surface area contributed by atoms with Gasteiger partial charge in [-0.15, -0.1) is 0 Å². The number of thiocarbonyl (C=S) groups is 1. The van der Waals surface area contributed by atoms with Gasteiger partial charge in [-0.3, -0.25) is 5.43 Å². The summed E-state index contributed by atoms with van der Waals surface area (Å²) in [5.74, 6) is 1.30. The Morgan fingerprint density at radius 2 is 2.00 bits per heavy atom. The fourth-order valence-electron chi connectivity index (χ4n) is 2.94. The molecule has 110 valence electrons. The van der Waals surface area contributed by atoms with Gasteiger partial charge in [0.2, 0.25) is 0 Å². The minimum Gasteiger partial charge on any atom is -0.358 e. The van der Waals surface area contributed by atoms with Gasteiger partial charge in [-0.05, 0) is 49.0 Å². The Labute approximate surface area is 139 Å². The Morgan fingerprint density at radius 3 is 2.62 bits per heavy atom. The average molecular weight is 340 g/mol. The first kappa shape index (κ1) is 14.8. The number of hydrogen-bond acceptors (Lipinski definition) is 2. The smallest absolute Gasteiger partial charge is 0.187 e. The molecule has 2 aliphatic carbocycles. The Morgan fingerprint density at radius 1 is 1.24 bits per heavy atom. The van der Waals surface area contributed by atoms with Crippen molar-refractivity contribution >= 4 is 46.7 Å². The highest BCUT2D eigenvalue weighted by Crippen LogP contribution is 2.38. The molecule has 3 nitrogen and oxygen atoms in total. The predicted octanol–water partition coefficient (Wildman–Crippen LogP) is 3.76. The van der Waals surface area contributed by atoms with E-state index in [-0.39, 0.29) is 0 Å². The molecule has 6 heteroatoms. The molecule has 21 heavy (non-hydrogen) atoms. The molecule has 0 amide bonds. The number of benzene rings is 1. The number of nitrogens with one attached hydrogen (secondary N) is 2. The number of rotatable bonds is 3. The summed E-state index contributed by atoms with van der Waals surface area (Å²) in [6.45, 7) is 0. The van der Waals surface area contributed by atoms with Gasteiger partial charge in [-0.25, -0.2) is 0 Å². The molecule has 3 atom stereocenters. The van der Waals surface area contributed by atoms with Crippen LogP contribution >= 0.6 is 35.4 Å². The van der Waals surface area contributed by atoms with Crippen molar-refractivity contribution < 1.29 is 0 Å². The lowest BCUT2D eigenvalue weighted by Crippen LogP contribution is -2.42. The van der Waals surface area contributed by atoms with E-state index in [0.717, 1.165) is 6.42 Å². The second kappa shape index (κ2) is 6.34. The quantitative estimate of drug-likeness (QED) is 0.381. The van der Waals surface area contributed by atoms with Crippen molar-refractivity contribution in [1.29, 1.82) is 0 Å². The maximum Gasteiger partial charge on any atom is 0.187 e. The van der Waals surface area contributed by atoms with Crippen molar-refractivity contribution in [3.63, 3.8) is 0 Å². The molecule has 2 bridgehead atoms. The van der Waals surface area contributed by atoms with Crippen LogP contribution in [0.2, 0.25) is 10.0 Å². The maximum atomic E-state index is 6.07. The summed E-state index contributed by atoms with van der Waals surface area (Å²) in [5.41, 5.74) is 3.50. The Kier molecular flexibility index (Phi) is 4.48. The van der Waals surface area contributed by atoms with Gasteiger partial charge in [0.15, 0.2) is 5.11 Å². The highest BCUT2D eigenvalue weighted by molar-refractivity contribution is 7.80. The molecule has 0 radical (unpaired) electrons. The van der Waals surface area contributed by atoms with Gasteiger partial charge in [0.25, 0.3) is 0 Å². The summed E-state index contributed by atoms with van der Waals surface area (Å²) in [5, 5.41) is 9.07. The topological polar surface area (TPSA) is 36.4 Å². The lowest BCUT2D eigenvalue weighted by atomic mass is 10.0. The molecular formula is C15H15Cl2N3S. The van der Waals surface area contributed by atoms with Crippen LogP contribution in [0.5, 0.6) is 0 Å². The number of hydrazone groups is 1. The van der Waals surface area contributed by atoms with E-state index in [4.69, 9.17) is 35.4 Å². The van der Waals surface area contributed by atoms with Crippen molar-refractivity contribution in [1.82, 2.24) is 10.7 Å². The summed E-state index contributed by atoms with van der Waals surface area (Å²) < 4.78 is 0. The molecule has 0 unspecified atom stereocenters. The summed E-state index contributed by atoms with van der Waals surface area (Å²) in [7, 11) is 0. The third-order valence-electron chi connectivity index (χ3n) is 3.95. The molecule has 0 spiro atoms. The van der Waals surface area contributed by atoms with E-state index in [2.05, 4.69) is 28.0 Å². The molecule has 1 aromatic rings. The molecule has 2 aliphatic rings. The zero-order chi connectivity index (χ0) is 14.8. The van der Waals surface area contributed by atoms with Crippen LogP contribution in [0, 0.1) is 11.8 Å². The third-order valence-corrected chi connectivity index (χ3v) is 4.82. The maximum absolute atomic E-state index is 6.07. The lowest BCUT2D eigenvalue weighted by Gasteiger charge is -2.20. The van der Waals surface area contributed by atoms with E-state index in [1.807, 2.05) is 0 Å². The van der Waals surface area contributed by atoms with Gasteiger partial charge < -0.3 is 5.32 Å². The van der Waals surface area contributed by atoms with Crippen LogP contribution in [0.25, 0.3) is 0 Å². The average Bonchev–Trinajstić information content (AvgIpc) is 3.04. The van der Waals surface area contributed by atoms with E-state index >= 15 is 0 Å². The number of nitrogens with zero attached hydrogens (tertiary/aromatic N) is 1. The molecule has 2 N–H and O–H groups in total. The number of hydrogen-bond donors (Lipinski definition) is 2. The number of allylic oxidation sites excluding steroid dienone is 1. The van der Waals surface area contributed by atoms with Crippen LogP contribution in [0.15, 0.2) is 35.5 Å². The summed E-state index contributed by atoms with van der Waals surface area (Å²) in [6.07, 6.45) is 8.54. The molecule has 1 aromatic carbocycles. The molecule has 3 rings (SSSR count). The van der Waals surface area contributed by atoms with Crippen molar-refractivity contribution in [3.05, 3.63) is 46.0 Å². The Hall–Kier alpha value is -1.10. The SMILES string of the molecule is S=C(N/N=C\c1c(Cl)cccc1Cl)N[C@H]1C[C@H]2C=C[C@@H]1C2. The fraction of sp³-hybridized carbons (Fsp3) is 0.333. The molecule has 1 saturated carbocycles. The van der Waals surface area contributed by atoms with E-state index in [1.54, 1.807) is 24.4 Å². The van der Waals surface area contributed by atoms with Crippen LogP contribution in [-0.4, -0.2) is 17.4 Å². The highest BCUT2D eigenvalue weighted by Gasteiger charge is 2.35. The molecule has 0 aromatic heterocycles. The van der Waals surface area contributed by atoms with Gasteiger partial charge in [0.05, 0.1) is 16.3 Å². The second-order valence-corrected chi connectivity index (χ2v) is 6.59. The second-order valence-electron chi connectivity index (χ2n) is 5.37. The molecule has 0 saturated heterocycles. The fourth-order valence-corrected chi connectivity index (χ4v) is 3.64. The van der Waals surface area contributed by atoms with Crippen molar-refractivity contribution in [2.45, 2.75) is 18.9 Å². The first-order valence-corrected chi connectivity index (χ1v) is 8.02. The molecule has 0 heterocycles. The van der Waals surface area contributed by atoms with Crippen LogP contribution < -0.4 is 10.7 Å². The third kappa shape index (κ3) is 3.39. The zero-order valence-electron chi connectivity index (χ0n) is 11.2. The first-order valence-electron chi connectivity index (χ1n) is 6.85. The summed E-state index contributed by atoms with van der Waals surface area (Å²) in [4.78, 5) is 0. The minimum absolute atomic E-state index is 0.416. The van der Waals surface area contributed by atoms with Gasteiger partial charge >= 0.3 is 0 Å². The first-order chi connectivity index (χ1) is 10.1. The van der Waals surface area contributed by atoms with Crippen LogP contribution in [-0.2, 0) is 0 Å². The highest BCUT2D eigenvalue weighted by atomic mass is 35.5. The predicted molar refractivity (Wildman–Crippen MR) is 92.1 cm³/mol. The number of fused-ring (bicyclic) bond motifs is 2. The van der Waals surface area contributed by atoms with Crippen LogP contribution in [0.4, 0.5) is 0 Å². The van der Waals surface area contributed by atoms with E-state index < -0.39 is 0 Å². The van der Waals surface area contributed by atoms with E-state index in [0.29, 0.717) is 38.6 Å². The standard InChI is InChI=1S/C15H15Cl2N3S/c16-12-2-1-3-13(17)11(12)8-18-20-15(21)19-14-7-9-4-5-10(14)6-9/h1-5,8-10,14H,6-7H2,(H2,19,20,21)/b18-8-/t9-,10+,14-/m0/s1. The van der Waals surface area contributed by atoms with Gasteiger partial charge in [0.1, 0.15) is 0 Å². The van der Waals surface area contributed by atoms with Crippen molar-refractivity contribution in [2.75, 3.05) is 0 Å². The lowest BCUT2D eigenvalue weighted by molar-refractivity contribution is 0.521. The van der Waals surface area contributed by atoms with Gasteiger partial charge in [-0.1, -0.05) is 41.4 Å². The number of halogens is 2. The summed E-state index contributed by atoms with van der Waals surface area (Å²) >= 11 is 17.4. The van der Waals surface area contributed by atoms with Gasteiger partial charge in [-0.2, -0.15) is 5.10 Å². The molecular weight excluding hydrogens is 325 g/mol. The Bertz CT molecular complexity index is 595. The molecule has 1 fully saturated rings. The van der Waals surface area contributed by atoms with Gasteiger partial charge in [0, 0.05) is 11.6 Å². The van der Waals surface area contributed by atoms with Crippen LogP contribution in [0.3, 0.4) is 0 Å². The minimum atomic E-state index is 0.416. The normalized spacial score (nSPS) is 26.5. The van der Waals surface area contributed by atoms with E-state index in [1.165, 1.54) is 6.42 Å². The van der Waals surface area contributed by atoms with Crippen molar-refractivity contribution in [2.24, 2.45) is 16.9 Å². The largest absolute Gasteiger partial charge is 0.358 e. The molecule has 0 aliphatic heterocycles. The van der Waals surface area contributed by atoms with Crippen LogP contribution in [0.1, 0.15) is 18.4 Å². The monoisotopic (exact) mass is 339 g/mol. The van der Waals surface area contributed by atoms with E-state index in [9.17, 15) is 0 Å². The Balaban J connectivity index is 1.54. The van der Waals surface area contributed by atoms with Crippen molar-refractivity contribution in [3.8, 4) is 0 Å².